The van der Waals surface area contributed by atoms with Crippen LogP contribution in [0.3, 0.4) is 0 Å². The van der Waals surface area contributed by atoms with Gasteiger partial charge in [0.05, 0.1) is 6.04 Å². The van der Waals surface area contributed by atoms with Gasteiger partial charge in [0.15, 0.2) is 0 Å². The van der Waals surface area contributed by atoms with Crippen molar-refractivity contribution in [3.05, 3.63) is 35.4 Å². The lowest BCUT2D eigenvalue weighted by Gasteiger charge is -2.30. The Hall–Kier alpha value is -1.00. The monoisotopic (exact) mass is 292 g/mol. The average molecular weight is 292 g/mol. The van der Waals surface area contributed by atoms with Crippen LogP contribution in [0.1, 0.15) is 38.1 Å². The largest absolute Gasteiger partial charge is 0.318 e. The second-order valence-corrected chi connectivity index (χ2v) is 6.77. The molecule has 0 aliphatic carbocycles. The van der Waals surface area contributed by atoms with Gasteiger partial charge in [0.2, 0.25) is 5.91 Å². The summed E-state index contributed by atoms with van der Waals surface area (Å²) in [7, 11) is 0. The molecule has 0 saturated carbocycles. The van der Waals surface area contributed by atoms with Crippen molar-refractivity contribution in [2.45, 2.75) is 45.9 Å². The number of hydrogen-bond donors (Lipinski definition) is 1. The first kappa shape index (κ1) is 15.4. The highest BCUT2D eigenvalue weighted by atomic mass is 32.2. The molecule has 1 aliphatic rings. The first-order chi connectivity index (χ1) is 9.54. The van der Waals surface area contributed by atoms with E-state index in [0.29, 0.717) is 0 Å². The van der Waals surface area contributed by atoms with Gasteiger partial charge in [-0.15, -0.1) is 0 Å². The predicted molar refractivity (Wildman–Crippen MR) is 85.8 cm³/mol. The van der Waals surface area contributed by atoms with Crippen LogP contribution in [0.4, 0.5) is 0 Å². The molecule has 0 bridgehead atoms. The molecule has 1 fully saturated rings. The van der Waals surface area contributed by atoms with E-state index in [0.717, 1.165) is 11.5 Å². The molecule has 1 aromatic carbocycles. The summed E-state index contributed by atoms with van der Waals surface area (Å²) >= 11 is 1.88. The van der Waals surface area contributed by atoms with Crippen molar-refractivity contribution in [2.24, 2.45) is 0 Å². The Balaban J connectivity index is 2.21. The van der Waals surface area contributed by atoms with Crippen molar-refractivity contribution >= 4 is 17.7 Å². The summed E-state index contributed by atoms with van der Waals surface area (Å²) in [5.74, 6) is 2.28. The fourth-order valence-electron chi connectivity index (χ4n) is 2.59. The van der Waals surface area contributed by atoms with Gasteiger partial charge in [-0.2, -0.15) is 11.8 Å². The third kappa shape index (κ3) is 3.18. The number of rotatable bonds is 5. The van der Waals surface area contributed by atoms with Crippen LogP contribution >= 0.6 is 11.8 Å². The average Bonchev–Trinajstić information content (AvgIpc) is 2.73. The van der Waals surface area contributed by atoms with Crippen LogP contribution in [0.2, 0.25) is 0 Å². The third-order valence-corrected chi connectivity index (χ3v) is 4.87. The summed E-state index contributed by atoms with van der Waals surface area (Å²) in [4.78, 5) is 14.4. The number of nitrogens with one attached hydrogen (secondary N) is 1. The summed E-state index contributed by atoms with van der Waals surface area (Å²) in [5, 5.41) is 3.41. The summed E-state index contributed by atoms with van der Waals surface area (Å²) < 4.78 is 0. The molecule has 110 valence electrons. The number of thioether (sulfide) groups is 1. The van der Waals surface area contributed by atoms with E-state index in [1.54, 1.807) is 0 Å². The van der Waals surface area contributed by atoms with Crippen molar-refractivity contribution in [1.82, 2.24) is 10.2 Å². The number of amides is 1. The summed E-state index contributed by atoms with van der Waals surface area (Å²) in [6, 6.07) is 8.59. The fourth-order valence-corrected chi connectivity index (χ4v) is 3.32. The number of benzene rings is 1. The van der Waals surface area contributed by atoms with Gasteiger partial charge in [-0.25, -0.2) is 0 Å². The minimum absolute atomic E-state index is 0.00514. The predicted octanol–water partition coefficient (Wildman–Crippen LogP) is 2.96. The van der Waals surface area contributed by atoms with E-state index in [-0.39, 0.29) is 24.2 Å². The fraction of sp³-hybridized carbons (Fsp3) is 0.562. The Morgan fingerprint density at radius 1 is 1.35 bits per heavy atom. The maximum absolute atomic E-state index is 12.4. The second-order valence-electron chi connectivity index (χ2n) is 5.46. The van der Waals surface area contributed by atoms with Gasteiger partial charge in [-0.3, -0.25) is 10.1 Å². The van der Waals surface area contributed by atoms with Crippen molar-refractivity contribution in [2.75, 3.05) is 11.5 Å². The van der Waals surface area contributed by atoms with Crippen LogP contribution in [0.5, 0.6) is 0 Å². The van der Waals surface area contributed by atoms with Crippen LogP contribution in [0.25, 0.3) is 0 Å². The van der Waals surface area contributed by atoms with Crippen LogP contribution in [-0.4, -0.2) is 34.4 Å². The lowest BCUT2D eigenvalue weighted by Crippen LogP contribution is -2.39. The molecular weight excluding hydrogens is 268 g/mol. The molecule has 0 spiro atoms. The minimum Gasteiger partial charge on any atom is -0.318 e. The molecule has 3 nitrogen and oxygen atoms in total. The summed E-state index contributed by atoms with van der Waals surface area (Å²) in [6.45, 7) is 8.32. The Bertz CT molecular complexity index is 460. The molecule has 1 heterocycles. The van der Waals surface area contributed by atoms with Gasteiger partial charge >= 0.3 is 0 Å². The van der Waals surface area contributed by atoms with Crippen molar-refractivity contribution < 1.29 is 4.79 Å². The van der Waals surface area contributed by atoms with Gasteiger partial charge < -0.3 is 4.90 Å². The molecule has 1 N–H and O–H groups in total. The molecular formula is C16H24N2OS. The zero-order valence-corrected chi connectivity index (χ0v) is 13.5. The molecule has 3 unspecified atom stereocenters. The first-order valence-electron chi connectivity index (χ1n) is 7.27. The molecule has 4 heteroatoms. The molecule has 20 heavy (non-hydrogen) atoms. The van der Waals surface area contributed by atoms with Crippen LogP contribution in [-0.2, 0) is 4.79 Å². The number of carbonyl (C=O) groups excluding carboxylic acids is 1. The van der Waals surface area contributed by atoms with Crippen LogP contribution < -0.4 is 5.32 Å². The molecule has 0 radical (unpaired) electrons. The zero-order chi connectivity index (χ0) is 14.7. The molecule has 1 aliphatic heterocycles. The first-order valence-corrected chi connectivity index (χ1v) is 8.42. The number of carbonyl (C=O) groups is 1. The van der Waals surface area contributed by atoms with Gasteiger partial charge in [0.25, 0.3) is 0 Å². The Morgan fingerprint density at radius 3 is 2.60 bits per heavy atom. The van der Waals surface area contributed by atoms with Crippen molar-refractivity contribution in [1.29, 1.82) is 0 Å². The van der Waals surface area contributed by atoms with Gasteiger partial charge in [0, 0.05) is 11.8 Å². The van der Waals surface area contributed by atoms with Crippen LogP contribution in [0, 0.1) is 6.92 Å². The summed E-state index contributed by atoms with van der Waals surface area (Å²) in [6.07, 6.45) is 0.00514. The highest BCUT2D eigenvalue weighted by Crippen LogP contribution is 2.28. The lowest BCUT2D eigenvalue weighted by molar-refractivity contribution is -0.131. The molecule has 3 atom stereocenters. The van der Waals surface area contributed by atoms with E-state index in [2.05, 4.69) is 50.4 Å². The quantitative estimate of drug-likeness (QED) is 0.905. The Labute approximate surface area is 126 Å². The highest BCUT2D eigenvalue weighted by Gasteiger charge is 2.39. The topological polar surface area (TPSA) is 32.3 Å². The maximum atomic E-state index is 12.4. The maximum Gasteiger partial charge on any atom is 0.241 e. The van der Waals surface area contributed by atoms with Gasteiger partial charge in [-0.05, 0) is 32.1 Å². The van der Waals surface area contributed by atoms with Gasteiger partial charge in [-0.1, -0.05) is 36.8 Å². The lowest BCUT2D eigenvalue weighted by atomic mass is 10.1. The normalized spacial score (nSPS) is 24.2. The molecule has 2 rings (SSSR count). The number of nitrogens with zero attached hydrogens (tertiary/aromatic N) is 1. The minimum atomic E-state index is -0.102. The smallest absolute Gasteiger partial charge is 0.241 e. The SMILES string of the molecule is CCSCC(C)N1C(=O)C(C)NC1c1ccc(C)cc1. The van der Waals surface area contributed by atoms with Crippen molar-refractivity contribution in [3.8, 4) is 0 Å². The van der Waals surface area contributed by atoms with Crippen molar-refractivity contribution in [3.63, 3.8) is 0 Å². The van der Waals surface area contributed by atoms with E-state index < -0.39 is 0 Å². The Kier molecular flexibility index (Phi) is 5.11. The van der Waals surface area contributed by atoms with E-state index in [4.69, 9.17) is 0 Å². The van der Waals surface area contributed by atoms with E-state index in [1.165, 1.54) is 11.1 Å². The molecule has 1 saturated heterocycles. The number of hydrogen-bond acceptors (Lipinski definition) is 3. The standard InChI is InChI=1S/C16H24N2OS/c1-5-20-10-12(3)18-15(17-13(4)16(18)19)14-8-6-11(2)7-9-14/h6-9,12-13,15,17H,5,10H2,1-4H3. The third-order valence-electron chi connectivity index (χ3n) is 3.74. The van der Waals surface area contributed by atoms with Crippen LogP contribution in [0.15, 0.2) is 24.3 Å². The van der Waals surface area contributed by atoms with E-state index in [1.807, 2.05) is 23.6 Å². The second kappa shape index (κ2) is 6.64. The highest BCUT2D eigenvalue weighted by molar-refractivity contribution is 7.99. The molecule has 1 aromatic rings. The van der Waals surface area contributed by atoms with E-state index in [9.17, 15) is 4.79 Å². The number of aryl methyl sites for hydroxylation is 1. The molecule has 1 amide bonds. The summed E-state index contributed by atoms with van der Waals surface area (Å²) in [5.41, 5.74) is 2.41. The van der Waals surface area contributed by atoms with E-state index >= 15 is 0 Å². The zero-order valence-electron chi connectivity index (χ0n) is 12.7. The molecule has 0 aromatic heterocycles. The van der Waals surface area contributed by atoms with Gasteiger partial charge in [0.1, 0.15) is 6.17 Å². The Morgan fingerprint density at radius 2 is 2.00 bits per heavy atom.